The molecule has 30 heavy (non-hydrogen) atoms. The summed E-state index contributed by atoms with van der Waals surface area (Å²) in [6, 6.07) is 10.6. The Labute approximate surface area is 170 Å². The Morgan fingerprint density at radius 2 is 1.80 bits per heavy atom. The van der Waals surface area contributed by atoms with E-state index in [9.17, 15) is 23.2 Å². The van der Waals surface area contributed by atoms with Gasteiger partial charge in [0.25, 0.3) is 11.7 Å². The number of aryl methyl sites for hydroxylation is 1. The smallest absolute Gasteiger partial charge is 0.340 e. The fraction of sp³-hybridized carbons (Fsp3) is 0.136. The summed E-state index contributed by atoms with van der Waals surface area (Å²) in [5, 5.41) is 2.30. The van der Waals surface area contributed by atoms with Gasteiger partial charge in [0.05, 0.1) is 12.2 Å². The molecule has 2 N–H and O–H groups in total. The number of aromatic amines is 1. The van der Waals surface area contributed by atoms with Crippen LogP contribution in [0.5, 0.6) is 0 Å². The van der Waals surface area contributed by atoms with E-state index in [1.807, 2.05) is 0 Å². The number of esters is 1. The van der Waals surface area contributed by atoms with Crippen molar-refractivity contribution in [2.45, 2.75) is 13.8 Å². The molecule has 0 fully saturated rings. The molecular weight excluding hydrogens is 394 g/mol. The highest BCUT2D eigenvalue weighted by molar-refractivity contribution is 6.47. The highest BCUT2D eigenvalue weighted by atomic mass is 19.1. The van der Waals surface area contributed by atoms with Crippen LogP contribution in [0.1, 0.15) is 33.5 Å². The molecule has 3 rings (SSSR count). The number of nitrogens with one attached hydrogen (secondary N) is 2. The van der Waals surface area contributed by atoms with E-state index in [2.05, 4.69) is 10.3 Å². The number of amides is 1. The predicted octanol–water partition coefficient (Wildman–Crippen LogP) is 4.27. The van der Waals surface area contributed by atoms with Gasteiger partial charge in [0.1, 0.15) is 17.3 Å². The maximum absolute atomic E-state index is 14.5. The van der Waals surface area contributed by atoms with Crippen LogP contribution in [0.2, 0.25) is 0 Å². The second kappa shape index (κ2) is 8.69. The number of carbonyl (C=O) groups excluding carboxylic acids is 3. The van der Waals surface area contributed by atoms with Gasteiger partial charge in [-0.25, -0.2) is 13.6 Å². The van der Waals surface area contributed by atoms with E-state index >= 15 is 0 Å². The molecule has 1 aromatic heterocycles. The van der Waals surface area contributed by atoms with Crippen molar-refractivity contribution in [3.8, 4) is 11.1 Å². The molecule has 0 aliphatic heterocycles. The lowest BCUT2D eigenvalue weighted by atomic mass is 9.97. The molecule has 0 saturated heterocycles. The number of halogens is 2. The van der Waals surface area contributed by atoms with Gasteiger partial charge in [-0.1, -0.05) is 24.3 Å². The summed E-state index contributed by atoms with van der Waals surface area (Å²) in [6.45, 7) is 3.20. The lowest BCUT2D eigenvalue weighted by Gasteiger charge is -2.09. The van der Waals surface area contributed by atoms with Crippen molar-refractivity contribution in [3.05, 3.63) is 77.1 Å². The van der Waals surface area contributed by atoms with Crippen LogP contribution in [0.4, 0.5) is 14.5 Å². The summed E-state index contributed by atoms with van der Waals surface area (Å²) < 4.78 is 32.9. The molecule has 0 aliphatic carbocycles. The van der Waals surface area contributed by atoms with Crippen molar-refractivity contribution in [1.29, 1.82) is 0 Å². The molecule has 0 unspecified atom stereocenters. The first kappa shape index (κ1) is 20.9. The molecule has 154 valence electrons. The normalized spacial score (nSPS) is 10.5. The number of ketones is 1. The van der Waals surface area contributed by atoms with Gasteiger partial charge in [-0.2, -0.15) is 0 Å². The second-order valence-electron chi connectivity index (χ2n) is 6.37. The van der Waals surface area contributed by atoms with Crippen LogP contribution in [0.3, 0.4) is 0 Å². The average molecular weight is 412 g/mol. The van der Waals surface area contributed by atoms with Crippen molar-refractivity contribution in [2.24, 2.45) is 0 Å². The number of rotatable bonds is 6. The first-order valence-corrected chi connectivity index (χ1v) is 9.09. The van der Waals surface area contributed by atoms with Crippen LogP contribution >= 0.6 is 0 Å². The molecule has 3 aromatic rings. The SMILES string of the molecule is CCOC(=O)c1c(C)[nH]c(C(=O)C(=O)Nc2cccc(F)c2)c1-c1ccccc1F. The van der Waals surface area contributed by atoms with E-state index in [0.29, 0.717) is 0 Å². The summed E-state index contributed by atoms with van der Waals surface area (Å²) in [7, 11) is 0. The number of H-pyrrole nitrogens is 1. The number of hydrogen-bond donors (Lipinski definition) is 2. The number of carbonyl (C=O) groups is 3. The summed E-state index contributed by atoms with van der Waals surface area (Å²) in [5.74, 6) is -4.14. The third kappa shape index (κ3) is 4.12. The van der Waals surface area contributed by atoms with E-state index in [1.54, 1.807) is 6.92 Å². The van der Waals surface area contributed by atoms with Crippen molar-refractivity contribution >= 4 is 23.3 Å². The van der Waals surface area contributed by atoms with Gasteiger partial charge in [-0.15, -0.1) is 0 Å². The minimum atomic E-state index is -1.07. The van der Waals surface area contributed by atoms with Crippen LogP contribution in [-0.2, 0) is 9.53 Å². The van der Waals surface area contributed by atoms with E-state index in [0.717, 1.165) is 6.07 Å². The molecule has 1 heterocycles. The number of benzene rings is 2. The zero-order chi connectivity index (χ0) is 21.8. The van der Waals surface area contributed by atoms with Gasteiger partial charge in [-0.3, -0.25) is 9.59 Å². The Balaban J connectivity index is 2.09. The molecule has 8 heteroatoms. The summed E-state index contributed by atoms with van der Waals surface area (Å²) in [4.78, 5) is 40.6. The Morgan fingerprint density at radius 1 is 1.07 bits per heavy atom. The average Bonchev–Trinajstić information content (AvgIpc) is 3.05. The molecule has 0 spiro atoms. The van der Waals surface area contributed by atoms with Gasteiger partial charge in [-0.05, 0) is 38.1 Å². The highest BCUT2D eigenvalue weighted by Gasteiger charge is 2.31. The van der Waals surface area contributed by atoms with Gasteiger partial charge in [0, 0.05) is 22.5 Å². The molecule has 0 bridgehead atoms. The van der Waals surface area contributed by atoms with Crippen LogP contribution in [0, 0.1) is 18.6 Å². The highest BCUT2D eigenvalue weighted by Crippen LogP contribution is 2.33. The Bertz CT molecular complexity index is 1140. The van der Waals surface area contributed by atoms with Gasteiger partial charge >= 0.3 is 5.97 Å². The fourth-order valence-electron chi connectivity index (χ4n) is 3.05. The fourth-order valence-corrected chi connectivity index (χ4v) is 3.05. The Kier molecular flexibility index (Phi) is 6.06. The quantitative estimate of drug-likeness (QED) is 0.360. The van der Waals surface area contributed by atoms with E-state index in [-0.39, 0.29) is 40.4 Å². The zero-order valence-corrected chi connectivity index (χ0v) is 16.2. The summed E-state index contributed by atoms with van der Waals surface area (Å²) in [6.07, 6.45) is 0. The molecular formula is C22H18F2N2O4. The monoisotopic (exact) mass is 412 g/mol. The molecule has 0 radical (unpaired) electrons. The molecule has 1 amide bonds. The maximum atomic E-state index is 14.5. The van der Waals surface area contributed by atoms with Crippen LogP contribution in [-0.4, -0.2) is 29.3 Å². The van der Waals surface area contributed by atoms with Crippen LogP contribution in [0.15, 0.2) is 48.5 Å². The van der Waals surface area contributed by atoms with Crippen LogP contribution < -0.4 is 5.32 Å². The first-order valence-electron chi connectivity index (χ1n) is 9.09. The number of anilines is 1. The Hall–Kier alpha value is -3.81. The minimum Gasteiger partial charge on any atom is -0.462 e. The van der Waals surface area contributed by atoms with Crippen molar-refractivity contribution < 1.29 is 27.9 Å². The van der Waals surface area contributed by atoms with E-state index in [1.165, 1.54) is 49.4 Å². The maximum Gasteiger partial charge on any atom is 0.340 e. The van der Waals surface area contributed by atoms with Crippen molar-refractivity contribution in [2.75, 3.05) is 11.9 Å². The van der Waals surface area contributed by atoms with E-state index < -0.39 is 29.3 Å². The van der Waals surface area contributed by atoms with Gasteiger partial charge < -0.3 is 15.0 Å². The number of hydrogen-bond acceptors (Lipinski definition) is 4. The van der Waals surface area contributed by atoms with Crippen molar-refractivity contribution in [1.82, 2.24) is 4.98 Å². The molecule has 2 aromatic carbocycles. The predicted molar refractivity (Wildman–Crippen MR) is 106 cm³/mol. The largest absolute Gasteiger partial charge is 0.462 e. The standard InChI is InChI=1S/C22H18F2N2O4/c1-3-30-22(29)17-12(2)25-19(18(17)15-9-4-5-10-16(15)24)20(27)21(28)26-14-8-6-7-13(23)11-14/h4-11,25H,3H2,1-2H3,(H,26,28). The lowest BCUT2D eigenvalue weighted by Crippen LogP contribution is -2.24. The first-order chi connectivity index (χ1) is 14.3. The van der Waals surface area contributed by atoms with Gasteiger partial charge in [0.2, 0.25) is 0 Å². The Morgan fingerprint density at radius 3 is 2.47 bits per heavy atom. The molecule has 6 nitrogen and oxygen atoms in total. The third-order valence-electron chi connectivity index (χ3n) is 4.33. The summed E-state index contributed by atoms with van der Waals surface area (Å²) >= 11 is 0. The second-order valence-corrected chi connectivity index (χ2v) is 6.37. The zero-order valence-electron chi connectivity index (χ0n) is 16.2. The molecule has 0 saturated carbocycles. The topological polar surface area (TPSA) is 88.3 Å². The number of aromatic nitrogens is 1. The van der Waals surface area contributed by atoms with Crippen LogP contribution in [0.25, 0.3) is 11.1 Å². The number of Topliss-reactive ketones (excluding diaryl/α,β-unsaturated/α-hetero) is 1. The third-order valence-corrected chi connectivity index (χ3v) is 4.33. The summed E-state index contributed by atoms with van der Waals surface area (Å²) in [5.41, 5.74) is -0.0862. The number of ether oxygens (including phenoxy) is 1. The lowest BCUT2D eigenvalue weighted by molar-refractivity contribution is -0.112. The molecule has 0 atom stereocenters. The molecule has 0 aliphatic rings. The minimum absolute atomic E-state index is 0.0354. The van der Waals surface area contributed by atoms with Crippen molar-refractivity contribution in [3.63, 3.8) is 0 Å². The van der Waals surface area contributed by atoms with E-state index in [4.69, 9.17) is 4.74 Å². The van der Waals surface area contributed by atoms with Gasteiger partial charge in [0.15, 0.2) is 0 Å².